The molecule has 2 nitrogen and oxygen atoms in total. The molecule has 0 fully saturated rings. The zero-order chi connectivity index (χ0) is 12.3. The maximum absolute atomic E-state index is 13.5. The van der Waals surface area contributed by atoms with Crippen molar-refractivity contribution in [3.8, 4) is 0 Å². The number of nitrogens with zero attached hydrogens (tertiary/aromatic N) is 1. The van der Waals surface area contributed by atoms with Crippen LogP contribution >= 0.6 is 31.9 Å². The first kappa shape index (κ1) is 12.5. The van der Waals surface area contributed by atoms with Crippen LogP contribution in [0.4, 0.5) is 10.1 Å². The molecule has 17 heavy (non-hydrogen) atoms. The Balaban J connectivity index is 2.09. The number of hydrogen-bond donors (Lipinski definition) is 1. The van der Waals surface area contributed by atoms with Gasteiger partial charge in [-0.2, -0.15) is 0 Å². The minimum Gasteiger partial charge on any atom is -0.380 e. The Hall–Kier alpha value is -0.940. The molecule has 0 atom stereocenters. The summed E-state index contributed by atoms with van der Waals surface area (Å²) in [7, 11) is 0. The second-order valence-electron chi connectivity index (χ2n) is 3.48. The van der Waals surface area contributed by atoms with Crippen molar-refractivity contribution >= 4 is 37.5 Å². The fourth-order valence-corrected chi connectivity index (χ4v) is 2.16. The van der Waals surface area contributed by atoms with Gasteiger partial charge in [-0.15, -0.1) is 0 Å². The van der Waals surface area contributed by atoms with Crippen LogP contribution in [0.3, 0.4) is 0 Å². The van der Waals surface area contributed by atoms with Gasteiger partial charge < -0.3 is 5.32 Å². The number of hydrogen-bond acceptors (Lipinski definition) is 2. The van der Waals surface area contributed by atoms with E-state index in [0.29, 0.717) is 12.1 Å². The van der Waals surface area contributed by atoms with Gasteiger partial charge in [0.1, 0.15) is 5.82 Å². The smallest absolute Gasteiger partial charge is 0.128 e. The lowest BCUT2D eigenvalue weighted by atomic mass is 10.2. The van der Waals surface area contributed by atoms with Gasteiger partial charge in [-0.1, -0.05) is 15.9 Å². The molecule has 0 unspecified atom stereocenters. The van der Waals surface area contributed by atoms with E-state index >= 15 is 0 Å². The SMILES string of the molecule is Fc1ccc(Br)cc1CNc1cncc(Br)c1. The number of pyridine rings is 1. The first-order valence-corrected chi connectivity index (χ1v) is 6.52. The van der Waals surface area contributed by atoms with E-state index in [2.05, 4.69) is 42.2 Å². The molecule has 0 spiro atoms. The van der Waals surface area contributed by atoms with E-state index < -0.39 is 0 Å². The Morgan fingerprint density at radius 1 is 1.12 bits per heavy atom. The van der Waals surface area contributed by atoms with Gasteiger partial charge >= 0.3 is 0 Å². The van der Waals surface area contributed by atoms with E-state index in [9.17, 15) is 4.39 Å². The van der Waals surface area contributed by atoms with Gasteiger partial charge in [0.2, 0.25) is 0 Å². The first-order chi connectivity index (χ1) is 8.15. The molecular formula is C12H9Br2FN2. The number of benzene rings is 1. The largest absolute Gasteiger partial charge is 0.380 e. The van der Waals surface area contributed by atoms with Crippen molar-refractivity contribution in [2.75, 3.05) is 5.32 Å². The lowest BCUT2D eigenvalue weighted by Gasteiger charge is -2.07. The minimum atomic E-state index is -0.219. The third kappa shape index (κ3) is 3.51. The van der Waals surface area contributed by atoms with E-state index in [4.69, 9.17) is 0 Å². The second-order valence-corrected chi connectivity index (χ2v) is 5.31. The monoisotopic (exact) mass is 358 g/mol. The fourth-order valence-electron chi connectivity index (χ4n) is 1.38. The molecule has 0 aliphatic carbocycles. The van der Waals surface area contributed by atoms with Crippen LogP contribution in [0.15, 0.2) is 45.6 Å². The molecule has 2 rings (SSSR count). The average Bonchev–Trinajstić information content (AvgIpc) is 2.30. The van der Waals surface area contributed by atoms with Crippen LogP contribution in [-0.4, -0.2) is 4.98 Å². The molecule has 5 heteroatoms. The van der Waals surface area contributed by atoms with E-state index in [-0.39, 0.29) is 5.82 Å². The summed E-state index contributed by atoms with van der Waals surface area (Å²) in [6.45, 7) is 0.420. The molecule has 2 aromatic rings. The maximum atomic E-state index is 13.5. The molecule has 0 radical (unpaired) electrons. The average molecular weight is 360 g/mol. The Morgan fingerprint density at radius 2 is 1.94 bits per heavy atom. The quantitative estimate of drug-likeness (QED) is 0.880. The van der Waals surface area contributed by atoms with Gasteiger partial charge in [0.05, 0.1) is 11.9 Å². The molecule has 0 aliphatic heterocycles. The van der Waals surface area contributed by atoms with E-state index in [0.717, 1.165) is 14.6 Å². The topological polar surface area (TPSA) is 24.9 Å². The van der Waals surface area contributed by atoms with Crippen LogP contribution in [0.2, 0.25) is 0 Å². The number of nitrogens with one attached hydrogen (secondary N) is 1. The highest BCUT2D eigenvalue weighted by molar-refractivity contribution is 9.10. The highest BCUT2D eigenvalue weighted by Gasteiger charge is 2.03. The third-order valence-corrected chi connectivity index (χ3v) is 3.12. The van der Waals surface area contributed by atoms with Crippen molar-refractivity contribution in [2.24, 2.45) is 0 Å². The van der Waals surface area contributed by atoms with Gasteiger partial charge in [0.15, 0.2) is 0 Å². The summed E-state index contributed by atoms with van der Waals surface area (Å²) in [4.78, 5) is 4.02. The molecule has 0 saturated heterocycles. The molecule has 88 valence electrons. The Bertz CT molecular complexity index is 532. The van der Waals surface area contributed by atoms with Crippen molar-refractivity contribution < 1.29 is 4.39 Å². The lowest BCUT2D eigenvalue weighted by Crippen LogP contribution is -2.02. The Morgan fingerprint density at radius 3 is 2.71 bits per heavy atom. The van der Waals surface area contributed by atoms with Crippen LogP contribution in [0.5, 0.6) is 0 Å². The van der Waals surface area contributed by atoms with Gasteiger partial charge in [0, 0.05) is 27.3 Å². The summed E-state index contributed by atoms with van der Waals surface area (Å²) in [5.41, 5.74) is 1.46. The zero-order valence-electron chi connectivity index (χ0n) is 8.75. The molecule has 1 heterocycles. The molecular weight excluding hydrogens is 351 g/mol. The number of anilines is 1. The number of aromatic nitrogens is 1. The van der Waals surface area contributed by atoms with E-state index in [1.54, 1.807) is 24.5 Å². The Labute approximate surface area is 116 Å². The van der Waals surface area contributed by atoms with E-state index in [1.165, 1.54) is 6.07 Å². The van der Waals surface area contributed by atoms with Gasteiger partial charge in [-0.3, -0.25) is 4.98 Å². The van der Waals surface area contributed by atoms with Crippen molar-refractivity contribution in [2.45, 2.75) is 6.54 Å². The number of halogens is 3. The summed E-state index contributed by atoms with van der Waals surface area (Å²) in [6, 6.07) is 6.77. The summed E-state index contributed by atoms with van der Waals surface area (Å²) >= 11 is 6.65. The molecule has 0 saturated carbocycles. The van der Waals surface area contributed by atoms with Gasteiger partial charge in [-0.25, -0.2) is 4.39 Å². The summed E-state index contributed by atoms with van der Waals surface area (Å²) in [5.74, 6) is -0.219. The lowest BCUT2D eigenvalue weighted by molar-refractivity contribution is 0.612. The van der Waals surface area contributed by atoms with Crippen molar-refractivity contribution in [3.05, 3.63) is 57.0 Å². The van der Waals surface area contributed by atoms with E-state index in [1.807, 2.05) is 6.07 Å². The van der Waals surface area contributed by atoms with Crippen LogP contribution < -0.4 is 5.32 Å². The normalized spacial score (nSPS) is 10.3. The van der Waals surface area contributed by atoms with Crippen LogP contribution in [0.25, 0.3) is 0 Å². The summed E-state index contributed by atoms with van der Waals surface area (Å²) < 4.78 is 15.2. The molecule has 0 bridgehead atoms. The highest BCUT2D eigenvalue weighted by atomic mass is 79.9. The van der Waals surface area contributed by atoms with Crippen LogP contribution in [0.1, 0.15) is 5.56 Å². The van der Waals surface area contributed by atoms with Crippen molar-refractivity contribution in [1.82, 2.24) is 4.98 Å². The summed E-state index contributed by atoms with van der Waals surface area (Å²) in [5, 5.41) is 3.12. The van der Waals surface area contributed by atoms with Gasteiger partial charge in [0.25, 0.3) is 0 Å². The second kappa shape index (κ2) is 5.60. The van der Waals surface area contributed by atoms with Crippen LogP contribution in [0, 0.1) is 5.82 Å². The first-order valence-electron chi connectivity index (χ1n) is 4.93. The van der Waals surface area contributed by atoms with Gasteiger partial charge in [-0.05, 0) is 40.2 Å². The predicted molar refractivity (Wildman–Crippen MR) is 73.4 cm³/mol. The predicted octanol–water partition coefficient (Wildman–Crippen LogP) is 4.36. The van der Waals surface area contributed by atoms with Crippen LogP contribution in [-0.2, 0) is 6.54 Å². The fraction of sp³-hybridized carbons (Fsp3) is 0.0833. The summed E-state index contributed by atoms with van der Waals surface area (Å²) in [6.07, 6.45) is 3.39. The molecule has 0 aliphatic rings. The molecule has 1 aromatic heterocycles. The zero-order valence-corrected chi connectivity index (χ0v) is 11.9. The Kier molecular flexibility index (Phi) is 4.12. The van der Waals surface area contributed by atoms with Crippen molar-refractivity contribution in [1.29, 1.82) is 0 Å². The standard InChI is InChI=1S/C12H9Br2FN2/c13-9-1-2-12(15)8(3-9)5-17-11-4-10(14)6-16-7-11/h1-4,6-7,17H,5H2. The third-order valence-electron chi connectivity index (χ3n) is 2.20. The molecule has 0 amide bonds. The molecule has 1 N–H and O–H groups in total. The molecule has 1 aromatic carbocycles. The highest BCUT2D eigenvalue weighted by Crippen LogP contribution is 2.18. The van der Waals surface area contributed by atoms with Crippen molar-refractivity contribution in [3.63, 3.8) is 0 Å². The maximum Gasteiger partial charge on any atom is 0.128 e. The number of rotatable bonds is 3. The minimum absolute atomic E-state index is 0.219.